The largest absolute Gasteiger partial charge is 0.490 e. The summed E-state index contributed by atoms with van der Waals surface area (Å²) in [6.45, 7) is 4.54. The second kappa shape index (κ2) is 10.8. The first-order valence-electron chi connectivity index (χ1n) is 10.2. The van der Waals surface area contributed by atoms with Crippen LogP contribution in [0.2, 0.25) is 0 Å². The van der Waals surface area contributed by atoms with Crippen molar-refractivity contribution in [2.75, 3.05) is 23.8 Å². The minimum atomic E-state index is -0.431. The quantitative estimate of drug-likeness (QED) is 0.346. The van der Waals surface area contributed by atoms with Gasteiger partial charge in [0.25, 0.3) is 11.6 Å². The maximum Gasteiger partial charge on any atom is 0.271 e. The molecular weight excluding hydrogens is 410 g/mol. The van der Waals surface area contributed by atoms with Crippen LogP contribution >= 0.6 is 0 Å². The van der Waals surface area contributed by atoms with Crippen LogP contribution in [0.4, 0.5) is 17.1 Å². The van der Waals surface area contributed by atoms with Gasteiger partial charge in [-0.05, 0) is 55.3 Å². The first-order valence-corrected chi connectivity index (χ1v) is 10.2. The van der Waals surface area contributed by atoms with E-state index in [0.29, 0.717) is 36.0 Å². The number of non-ortho nitro benzene ring substituents is 1. The van der Waals surface area contributed by atoms with Crippen molar-refractivity contribution in [3.8, 4) is 11.5 Å². The number of aryl methyl sites for hydroxylation is 1. The molecule has 0 bridgehead atoms. The Labute approximate surface area is 186 Å². The van der Waals surface area contributed by atoms with Crippen LogP contribution < -0.4 is 20.1 Å². The Balaban J connectivity index is 1.61. The summed E-state index contributed by atoms with van der Waals surface area (Å²) < 4.78 is 11.4. The van der Waals surface area contributed by atoms with E-state index in [1.54, 1.807) is 18.2 Å². The number of nitro groups is 1. The van der Waals surface area contributed by atoms with E-state index >= 15 is 0 Å². The number of nitro benzene ring substituents is 1. The summed E-state index contributed by atoms with van der Waals surface area (Å²) in [5.41, 5.74) is 3.34. The molecule has 3 rings (SSSR count). The second-order valence-corrected chi connectivity index (χ2v) is 7.08. The highest BCUT2D eigenvalue weighted by atomic mass is 16.6. The fourth-order valence-electron chi connectivity index (χ4n) is 3.05. The van der Waals surface area contributed by atoms with Gasteiger partial charge in [0.1, 0.15) is 0 Å². The van der Waals surface area contributed by atoms with E-state index in [1.165, 1.54) is 12.1 Å². The summed E-state index contributed by atoms with van der Waals surface area (Å²) >= 11 is 0. The predicted molar refractivity (Wildman–Crippen MR) is 123 cm³/mol. The average molecular weight is 435 g/mol. The molecule has 0 saturated carbocycles. The molecule has 166 valence electrons. The molecule has 0 aliphatic carbocycles. The molecule has 0 radical (unpaired) electrons. The third-order valence-electron chi connectivity index (χ3n) is 4.52. The highest BCUT2D eigenvalue weighted by Crippen LogP contribution is 2.29. The lowest BCUT2D eigenvalue weighted by molar-refractivity contribution is -0.384. The Morgan fingerprint density at radius 2 is 1.75 bits per heavy atom. The smallest absolute Gasteiger partial charge is 0.271 e. The average Bonchev–Trinajstić information content (AvgIpc) is 2.77. The molecule has 0 aliphatic rings. The number of hydrogen-bond acceptors (Lipinski definition) is 6. The van der Waals surface area contributed by atoms with Gasteiger partial charge in [-0.1, -0.05) is 24.3 Å². The highest BCUT2D eigenvalue weighted by molar-refractivity contribution is 5.92. The van der Waals surface area contributed by atoms with Gasteiger partial charge >= 0.3 is 0 Å². The van der Waals surface area contributed by atoms with E-state index in [0.717, 1.165) is 11.1 Å². The molecule has 0 aliphatic heterocycles. The lowest BCUT2D eigenvalue weighted by atomic mass is 10.2. The first kappa shape index (κ1) is 22.6. The minimum absolute atomic E-state index is 0.0256. The van der Waals surface area contributed by atoms with Gasteiger partial charge in [0.2, 0.25) is 0 Å². The highest BCUT2D eigenvalue weighted by Gasteiger charge is 2.11. The zero-order valence-corrected chi connectivity index (χ0v) is 18.0. The Morgan fingerprint density at radius 3 is 2.50 bits per heavy atom. The normalized spacial score (nSPS) is 10.3. The maximum atomic E-state index is 12.2. The summed E-state index contributed by atoms with van der Waals surface area (Å²) in [7, 11) is 0. The van der Waals surface area contributed by atoms with E-state index in [1.807, 2.05) is 50.2 Å². The zero-order chi connectivity index (χ0) is 22.9. The fourth-order valence-corrected chi connectivity index (χ4v) is 3.05. The van der Waals surface area contributed by atoms with E-state index in [2.05, 4.69) is 10.6 Å². The van der Waals surface area contributed by atoms with Gasteiger partial charge in [-0.2, -0.15) is 0 Å². The van der Waals surface area contributed by atoms with Gasteiger partial charge < -0.3 is 20.1 Å². The van der Waals surface area contributed by atoms with Crippen molar-refractivity contribution in [2.45, 2.75) is 20.4 Å². The standard InChI is InChI=1S/C24H25N3O5/c1-3-31-23-13-18(15-25-19-7-5-9-21(14-19)27(29)30)10-11-22(23)32-16-24(28)26-20-8-4-6-17(2)12-20/h4-14,25H,3,15-16H2,1-2H3,(H,26,28). The first-order chi connectivity index (χ1) is 15.4. The molecule has 8 nitrogen and oxygen atoms in total. The van der Waals surface area contributed by atoms with Crippen LogP contribution in [0.1, 0.15) is 18.1 Å². The van der Waals surface area contributed by atoms with Crippen molar-refractivity contribution in [1.82, 2.24) is 0 Å². The number of benzene rings is 3. The van der Waals surface area contributed by atoms with Crippen LogP contribution in [0.3, 0.4) is 0 Å². The number of rotatable bonds is 10. The van der Waals surface area contributed by atoms with Crippen molar-refractivity contribution in [3.63, 3.8) is 0 Å². The summed E-state index contributed by atoms with van der Waals surface area (Å²) in [6, 6.07) is 19.3. The van der Waals surface area contributed by atoms with Crippen molar-refractivity contribution >= 4 is 23.0 Å². The number of amides is 1. The van der Waals surface area contributed by atoms with Gasteiger partial charge in [-0.15, -0.1) is 0 Å². The van der Waals surface area contributed by atoms with Gasteiger partial charge in [0, 0.05) is 30.1 Å². The van der Waals surface area contributed by atoms with Gasteiger partial charge in [-0.3, -0.25) is 14.9 Å². The summed E-state index contributed by atoms with van der Waals surface area (Å²) in [6.07, 6.45) is 0. The van der Waals surface area contributed by atoms with Crippen molar-refractivity contribution < 1.29 is 19.2 Å². The fraction of sp³-hybridized carbons (Fsp3) is 0.208. The monoisotopic (exact) mass is 435 g/mol. The number of nitrogens with one attached hydrogen (secondary N) is 2. The third kappa shape index (κ3) is 6.46. The van der Waals surface area contributed by atoms with Gasteiger partial charge in [0.05, 0.1) is 11.5 Å². The molecule has 2 N–H and O–H groups in total. The lowest BCUT2D eigenvalue weighted by Gasteiger charge is -2.14. The maximum absolute atomic E-state index is 12.2. The SMILES string of the molecule is CCOc1cc(CNc2cccc([N+](=O)[O-])c2)ccc1OCC(=O)Nc1cccc(C)c1. The molecular formula is C24H25N3O5. The molecule has 0 fully saturated rings. The molecule has 0 heterocycles. The minimum Gasteiger partial charge on any atom is -0.490 e. The molecule has 1 amide bonds. The van der Waals surface area contributed by atoms with Gasteiger partial charge in [-0.25, -0.2) is 0 Å². The number of carbonyl (C=O) groups is 1. The molecule has 3 aromatic rings. The summed E-state index contributed by atoms with van der Waals surface area (Å²) in [4.78, 5) is 22.7. The van der Waals surface area contributed by atoms with Crippen molar-refractivity contribution in [2.24, 2.45) is 0 Å². The molecule has 32 heavy (non-hydrogen) atoms. The van der Waals surface area contributed by atoms with Gasteiger partial charge in [0.15, 0.2) is 18.1 Å². The Kier molecular flexibility index (Phi) is 7.64. The molecule has 3 aromatic carbocycles. The Bertz CT molecular complexity index is 1100. The molecule has 0 atom stereocenters. The molecule has 0 unspecified atom stereocenters. The van der Waals surface area contributed by atoms with Crippen molar-refractivity contribution in [3.05, 3.63) is 88.0 Å². The summed E-state index contributed by atoms with van der Waals surface area (Å²) in [5, 5.41) is 16.9. The third-order valence-corrected chi connectivity index (χ3v) is 4.52. The number of nitrogens with zero attached hydrogens (tertiary/aromatic N) is 1. The zero-order valence-electron chi connectivity index (χ0n) is 18.0. The predicted octanol–water partition coefficient (Wildman–Crippen LogP) is 4.93. The molecule has 0 spiro atoms. The number of carbonyl (C=O) groups excluding carboxylic acids is 1. The van der Waals surface area contributed by atoms with E-state index < -0.39 is 4.92 Å². The van der Waals surface area contributed by atoms with E-state index in [-0.39, 0.29) is 18.2 Å². The second-order valence-electron chi connectivity index (χ2n) is 7.08. The van der Waals surface area contributed by atoms with Crippen LogP contribution in [-0.4, -0.2) is 24.0 Å². The summed E-state index contributed by atoms with van der Waals surface area (Å²) in [5.74, 6) is 0.717. The van der Waals surface area contributed by atoms with Crippen molar-refractivity contribution in [1.29, 1.82) is 0 Å². The van der Waals surface area contributed by atoms with Crippen LogP contribution in [-0.2, 0) is 11.3 Å². The topological polar surface area (TPSA) is 103 Å². The van der Waals surface area contributed by atoms with E-state index in [4.69, 9.17) is 9.47 Å². The van der Waals surface area contributed by atoms with Crippen LogP contribution in [0.25, 0.3) is 0 Å². The van der Waals surface area contributed by atoms with E-state index in [9.17, 15) is 14.9 Å². The lowest BCUT2D eigenvalue weighted by Crippen LogP contribution is -2.20. The van der Waals surface area contributed by atoms with Crippen LogP contribution in [0, 0.1) is 17.0 Å². The Morgan fingerprint density at radius 1 is 0.969 bits per heavy atom. The molecule has 8 heteroatoms. The molecule has 0 aromatic heterocycles. The number of ether oxygens (including phenoxy) is 2. The van der Waals surface area contributed by atoms with Crippen LogP contribution in [0.5, 0.6) is 11.5 Å². The number of hydrogen-bond donors (Lipinski definition) is 2. The Hall–Kier alpha value is -4.07. The number of anilines is 2. The van der Waals surface area contributed by atoms with Crippen LogP contribution in [0.15, 0.2) is 66.7 Å². The molecule has 0 saturated heterocycles.